The Hall–Kier alpha value is -1.31. The van der Waals surface area contributed by atoms with E-state index in [0.717, 1.165) is 25.4 Å². The van der Waals surface area contributed by atoms with E-state index in [2.05, 4.69) is 42.2 Å². The predicted octanol–water partition coefficient (Wildman–Crippen LogP) is 3.51. The molecule has 1 amide bonds. The van der Waals surface area contributed by atoms with Crippen LogP contribution in [0.2, 0.25) is 0 Å². The second-order valence-corrected chi connectivity index (χ2v) is 6.61. The molecule has 2 heteroatoms. The molecule has 1 aromatic rings. The van der Waals surface area contributed by atoms with E-state index in [9.17, 15) is 4.79 Å². The number of piperidine rings is 1. The van der Waals surface area contributed by atoms with Gasteiger partial charge in [-0.1, -0.05) is 37.3 Å². The summed E-state index contributed by atoms with van der Waals surface area (Å²) in [6.45, 7) is 4.16. The molecule has 2 atom stereocenters. The topological polar surface area (TPSA) is 20.3 Å². The van der Waals surface area contributed by atoms with Gasteiger partial charge < -0.3 is 4.90 Å². The van der Waals surface area contributed by atoms with Gasteiger partial charge in [-0.3, -0.25) is 4.79 Å². The molecule has 1 aliphatic heterocycles. The van der Waals surface area contributed by atoms with E-state index >= 15 is 0 Å². The number of hydrogen-bond donors (Lipinski definition) is 0. The number of likely N-dealkylation sites (tertiary alicyclic amines) is 1. The van der Waals surface area contributed by atoms with Crippen LogP contribution in [-0.2, 0) is 11.2 Å². The van der Waals surface area contributed by atoms with Crippen molar-refractivity contribution in [3.05, 3.63) is 35.9 Å². The van der Waals surface area contributed by atoms with Gasteiger partial charge in [0.15, 0.2) is 0 Å². The molecule has 3 rings (SSSR count). The molecular weight excluding hydrogens is 246 g/mol. The van der Waals surface area contributed by atoms with Crippen molar-refractivity contribution < 1.29 is 4.79 Å². The molecule has 108 valence electrons. The first kappa shape index (κ1) is 13.7. The number of carbonyl (C=O) groups excluding carboxylic acids is 1. The molecule has 0 bridgehead atoms. The number of nitrogens with zero attached hydrogens (tertiary/aromatic N) is 1. The molecule has 1 aromatic carbocycles. The van der Waals surface area contributed by atoms with E-state index in [4.69, 9.17) is 0 Å². The summed E-state index contributed by atoms with van der Waals surface area (Å²) in [5.41, 5.74) is 1.44. The van der Waals surface area contributed by atoms with Gasteiger partial charge in [-0.2, -0.15) is 0 Å². The average Bonchev–Trinajstić information content (AvgIpc) is 3.23. The lowest BCUT2D eigenvalue weighted by Gasteiger charge is -2.32. The molecule has 1 heterocycles. The molecule has 2 aliphatic rings. The van der Waals surface area contributed by atoms with E-state index in [1.165, 1.54) is 31.2 Å². The summed E-state index contributed by atoms with van der Waals surface area (Å²) in [5, 5.41) is 0. The maximum Gasteiger partial charge on any atom is 0.225 e. The Bertz CT molecular complexity index is 448. The molecule has 0 N–H and O–H groups in total. The van der Waals surface area contributed by atoms with Crippen molar-refractivity contribution in [2.75, 3.05) is 13.1 Å². The third-order valence-corrected chi connectivity index (χ3v) is 5.04. The van der Waals surface area contributed by atoms with Crippen LogP contribution >= 0.6 is 0 Å². The van der Waals surface area contributed by atoms with Gasteiger partial charge in [-0.15, -0.1) is 0 Å². The molecule has 0 radical (unpaired) electrons. The fourth-order valence-electron chi connectivity index (χ4n) is 3.36. The molecular formula is C18H25NO. The van der Waals surface area contributed by atoms with Crippen molar-refractivity contribution in [1.82, 2.24) is 4.90 Å². The zero-order chi connectivity index (χ0) is 13.9. The first-order valence-electron chi connectivity index (χ1n) is 8.07. The van der Waals surface area contributed by atoms with Gasteiger partial charge in [0.2, 0.25) is 5.91 Å². The van der Waals surface area contributed by atoms with Gasteiger partial charge in [0.1, 0.15) is 0 Å². The number of hydrogen-bond acceptors (Lipinski definition) is 1. The maximum atomic E-state index is 12.2. The van der Waals surface area contributed by atoms with Crippen LogP contribution in [0.15, 0.2) is 30.3 Å². The zero-order valence-corrected chi connectivity index (χ0v) is 12.4. The minimum Gasteiger partial charge on any atom is -0.342 e. The van der Waals surface area contributed by atoms with Gasteiger partial charge in [0, 0.05) is 19.0 Å². The zero-order valence-electron chi connectivity index (χ0n) is 12.4. The van der Waals surface area contributed by atoms with E-state index < -0.39 is 0 Å². The highest BCUT2D eigenvalue weighted by molar-refractivity contribution is 5.81. The fraction of sp³-hybridized carbons (Fsp3) is 0.611. The third kappa shape index (κ3) is 3.23. The Morgan fingerprint density at radius 2 is 1.85 bits per heavy atom. The maximum absolute atomic E-state index is 12.2. The smallest absolute Gasteiger partial charge is 0.225 e. The van der Waals surface area contributed by atoms with Crippen molar-refractivity contribution in [3.8, 4) is 0 Å². The predicted molar refractivity (Wildman–Crippen MR) is 81.3 cm³/mol. The first-order valence-corrected chi connectivity index (χ1v) is 8.07. The fourth-order valence-corrected chi connectivity index (χ4v) is 3.36. The summed E-state index contributed by atoms with van der Waals surface area (Å²) in [4.78, 5) is 14.3. The molecule has 1 saturated heterocycles. The molecule has 0 unspecified atom stereocenters. The number of rotatable bonds is 4. The van der Waals surface area contributed by atoms with Crippen molar-refractivity contribution in [2.45, 2.75) is 39.0 Å². The van der Waals surface area contributed by atoms with Crippen LogP contribution in [0.4, 0.5) is 0 Å². The Morgan fingerprint density at radius 1 is 1.20 bits per heavy atom. The molecule has 2 fully saturated rings. The second kappa shape index (κ2) is 5.99. The van der Waals surface area contributed by atoms with Crippen LogP contribution < -0.4 is 0 Å². The Kier molecular flexibility index (Phi) is 4.09. The lowest BCUT2D eigenvalue weighted by molar-refractivity contribution is -0.134. The molecule has 1 saturated carbocycles. The molecule has 20 heavy (non-hydrogen) atoms. The Labute approximate surface area is 122 Å². The van der Waals surface area contributed by atoms with Crippen LogP contribution in [0, 0.1) is 17.8 Å². The third-order valence-electron chi connectivity index (χ3n) is 5.04. The Balaban J connectivity index is 1.41. The standard InChI is InChI=1S/C18H25NO/c1-14-13-17(14)18(20)19-11-9-16(10-12-19)8-7-15-5-3-2-4-6-15/h2-6,14,16-17H,7-13H2,1H3/t14-,17+/m1/s1. The second-order valence-electron chi connectivity index (χ2n) is 6.61. The summed E-state index contributed by atoms with van der Waals surface area (Å²) in [7, 11) is 0. The minimum atomic E-state index is 0.357. The summed E-state index contributed by atoms with van der Waals surface area (Å²) < 4.78 is 0. The lowest BCUT2D eigenvalue weighted by atomic mass is 9.90. The number of benzene rings is 1. The van der Waals surface area contributed by atoms with Crippen molar-refractivity contribution in [2.24, 2.45) is 17.8 Å². The number of amides is 1. The van der Waals surface area contributed by atoms with Crippen LogP contribution in [0.5, 0.6) is 0 Å². The van der Waals surface area contributed by atoms with Gasteiger partial charge >= 0.3 is 0 Å². The molecule has 1 aliphatic carbocycles. The molecule has 2 nitrogen and oxygen atoms in total. The number of aryl methyl sites for hydroxylation is 1. The van der Waals surface area contributed by atoms with Crippen molar-refractivity contribution >= 4 is 5.91 Å². The van der Waals surface area contributed by atoms with Gasteiger partial charge in [0.05, 0.1) is 0 Å². The van der Waals surface area contributed by atoms with Crippen LogP contribution in [-0.4, -0.2) is 23.9 Å². The normalized spacial score (nSPS) is 26.6. The minimum absolute atomic E-state index is 0.357. The van der Waals surface area contributed by atoms with E-state index in [1.807, 2.05) is 0 Å². The van der Waals surface area contributed by atoms with Crippen molar-refractivity contribution in [3.63, 3.8) is 0 Å². The van der Waals surface area contributed by atoms with E-state index in [1.54, 1.807) is 0 Å². The monoisotopic (exact) mass is 271 g/mol. The highest BCUT2D eigenvalue weighted by atomic mass is 16.2. The van der Waals surface area contributed by atoms with E-state index in [-0.39, 0.29) is 0 Å². The van der Waals surface area contributed by atoms with Crippen LogP contribution in [0.1, 0.15) is 38.2 Å². The molecule has 0 spiro atoms. The van der Waals surface area contributed by atoms with Gasteiger partial charge in [0.25, 0.3) is 0 Å². The largest absolute Gasteiger partial charge is 0.342 e. The quantitative estimate of drug-likeness (QED) is 0.820. The SMILES string of the molecule is C[C@@H]1C[C@@H]1C(=O)N1CCC(CCc2ccccc2)CC1. The summed E-state index contributed by atoms with van der Waals surface area (Å²) in [6.07, 6.45) is 5.96. The highest BCUT2D eigenvalue weighted by Crippen LogP contribution is 2.40. The van der Waals surface area contributed by atoms with Gasteiger partial charge in [-0.05, 0) is 49.5 Å². The summed E-state index contributed by atoms with van der Waals surface area (Å²) in [5.74, 6) is 2.23. The first-order chi connectivity index (χ1) is 9.74. The van der Waals surface area contributed by atoms with Gasteiger partial charge in [-0.25, -0.2) is 0 Å². The summed E-state index contributed by atoms with van der Waals surface area (Å²) in [6, 6.07) is 10.7. The van der Waals surface area contributed by atoms with Crippen LogP contribution in [0.3, 0.4) is 0 Å². The molecule has 0 aromatic heterocycles. The Morgan fingerprint density at radius 3 is 2.45 bits per heavy atom. The number of carbonyl (C=O) groups is 1. The van der Waals surface area contributed by atoms with E-state index in [0.29, 0.717) is 17.7 Å². The lowest BCUT2D eigenvalue weighted by Crippen LogP contribution is -2.39. The van der Waals surface area contributed by atoms with Crippen LogP contribution in [0.25, 0.3) is 0 Å². The highest BCUT2D eigenvalue weighted by Gasteiger charge is 2.41. The van der Waals surface area contributed by atoms with Crippen molar-refractivity contribution in [1.29, 1.82) is 0 Å². The summed E-state index contributed by atoms with van der Waals surface area (Å²) >= 11 is 0. The average molecular weight is 271 g/mol.